The standard InChI is InChI=1S/C35H35FN2O4/c1-22-12-13-24(36)18-31(22)41-21-29-27(16-17-30-33(29)23(2)20-35(3,4)37-30)28-15-14-26(19-32(28)40-6)42-34(39)38(5)25-10-8-7-9-11-25/h7-20,37H,21H2,1-6H3. The van der Waals surface area contributed by atoms with E-state index in [0.717, 1.165) is 44.8 Å². The first kappa shape index (κ1) is 28.7. The molecule has 0 radical (unpaired) electrons. The van der Waals surface area contributed by atoms with Gasteiger partial charge in [0, 0.05) is 47.2 Å². The van der Waals surface area contributed by atoms with E-state index < -0.39 is 6.09 Å². The van der Waals surface area contributed by atoms with Gasteiger partial charge >= 0.3 is 6.09 Å². The second-order valence-corrected chi connectivity index (χ2v) is 11.0. The zero-order valence-corrected chi connectivity index (χ0v) is 24.7. The van der Waals surface area contributed by atoms with Crippen molar-refractivity contribution in [1.29, 1.82) is 0 Å². The van der Waals surface area contributed by atoms with Gasteiger partial charge in [0.15, 0.2) is 0 Å². The van der Waals surface area contributed by atoms with Crippen molar-refractivity contribution in [3.05, 3.63) is 107 Å². The number of rotatable bonds is 7. The van der Waals surface area contributed by atoms with Crippen molar-refractivity contribution in [2.24, 2.45) is 0 Å². The van der Waals surface area contributed by atoms with Gasteiger partial charge in [-0.1, -0.05) is 36.4 Å². The zero-order valence-electron chi connectivity index (χ0n) is 24.7. The van der Waals surface area contributed by atoms with Crippen LogP contribution in [-0.2, 0) is 6.61 Å². The molecule has 0 atom stereocenters. The second-order valence-electron chi connectivity index (χ2n) is 11.0. The fraction of sp³-hybridized carbons (Fsp3) is 0.229. The van der Waals surface area contributed by atoms with Crippen LogP contribution >= 0.6 is 0 Å². The fourth-order valence-corrected chi connectivity index (χ4v) is 5.36. The van der Waals surface area contributed by atoms with E-state index in [-0.39, 0.29) is 18.0 Å². The molecule has 7 heteroatoms. The molecule has 1 aliphatic rings. The lowest BCUT2D eigenvalue weighted by Crippen LogP contribution is -2.32. The van der Waals surface area contributed by atoms with Crippen molar-refractivity contribution in [1.82, 2.24) is 0 Å². The molecule has 0 saturated carbocycles. The molecular weight excluding hydrogens is 531 g/mol. The average molecular weight is 567 g/mol. The highest BCUT2D eigenvalue weighted by molar-refractivity contribution is 5.90. The van der Waals surface area contributed by atoms with Gasteiger partial charge in [0.05, 0.1) is 12.6 Å². The molecule has 0 bridgehead atoms. The SMILES string of the molecule is COc1cc(OC(=O)N(C)c2ccccc2)ccc1-c1ccc2c(c1COc1cc(F)ccc1C)C(C)=CC(C)(C)N2. The lowest BCUT2D eigenvalue weighted by molar-refractivity contribution is 0.209. The quantitative estimate of drug-likeness (QED) is 0.243. The summed E-state index contributed by atoms with van der Waals surface area (Å²) < 4.78 is 31.8. The molecular formula is C35H35FN2O4. The van der Waals surface area contributed by atoms with Gasteiger partial charge in [0.25, 0.3) is 0 Å². The van der Waals surface area contributed by atoms with Crippen LogP contribution in [0.4, 0.5) is 20.6 Å². The lowest BCUT2D eigenvalue weighted by Gasteiger charge is -2.33. The molecule has 1 aliphatic heterocycles. The number of nitrogens with one attached hydrogen (secondary N) is 1. The average Bonchev–Trinajstić information content (AvgIpc) is 2.96. The topological polar surface area (TPSA) is 60.0 Å². The molecule has 6 nitrogen and oxygen atoms in total. The number of methoxy groups -OCH3 is 1. The number of allylic oxidation sites excluding steroid dienone is 1. The number of carbonyl (C=O) groups is 1. The van der Waals surface area contributed by atoms with E-state index in [4.69, 9.17) is 14.2 Å². The highest BCUT2D eigenvalue weighted by atomic mass is 19.1. The number of fused-ring (bicyclic) bond motifs is 1. The Bertz CT molecular complexity index is 1660. The first-order chi connectivity index (χ1) is 20.1. The number of halogens is 1. The van der Waals surface area contributed by atoms with Gasteiger partial charge in [-0.05, 0) is 80.8 Å². The molecule has 0 aromatic heterocycles. The minimum absolute atomic E-state index is 0.206. The predicted octanol–water partition coefficient (Wildman–Crippen LogP) is 8.63. The minimum Gasteiger partial charge on any atom is -0.496 e. The summed E-state index contributed by atoms with van der Waals surface area (Å²) in [6, 6.07) is 23.2. The fourth-order valence-electron chi connectivity index (χ4n) is 5.36. The van der Waals surface area contributed by atoms with E-state index in [1.807, 2.05) is 49.4 Å². The summed E-state index contributed by atoms with van der Waals surface area (Å²) >= 11 is 0. The largest absolute Gasteiger partial charge is 0.496 e. The van der Waals surface area contributed by atoms with Crippen LogP contribution < -0.4 is 24.4 Å². The van der Waals surface area contributed by atoms with Crippen LogP contribution in [0.3, 0.4) is 0 Å². The molecule has 1 N–H and O–H groups in total. The number of benzene rings is 4. The molecule has 4 aromatic rings. The molecule has 0 spiro atoms. The number of anilines is 2. The number of carbonyl (C=O) groups excluding carboxylic acids is 1. The van der Waals surface area contributed by atoms with Gasteiger partial charge in [-0.3, -0.25) is 4.90 Å². The van der Waals surface area contributed by atoms with Crippen LogP contribution in [0.1, 0.15) is 37.5 Å². The molecule has 216 valence electrons. The predicted molar refractivity (Wildman–Crippen MR) is 166 cm³/mol. The molecule has 1 amide bonds. The van der Waals surface area contributed by atoms with Crippen LogP contribution in [0, 0.1) is 12.7 Å². The third-order valence-electron chi connectivity index (χ3n) is 7.35. The Morgan fingerprint density at radius 3 is 2.40 bits per heavy atom. The van der Waals surface area contributed by atoms with E-state index in [1.54, 1.807) is 32.4 Å². The normalized spacial score (nSPS) is 13.4. The number of amides is 1. The van der Waals surface area contributed by atoms with E-state index in [0.29, 0.717) is 17.2 Å². The first-order valence-corrected chi connectivity index (χ1v) is 13.8. The molecule has 1 heterocycles. The Morgan fingerprint density at radius 2 is 1.67 bits per heavy atom. The maximum absolute atomic E-state index is 14.1. The number of hydrogen-bond acceptors (Lipinski definition) is 5. The Kier molecular flexibility index (Phi) is 7.94. The van der Waals surface area contributed by atoms with E-state index >= 15 is 0 Å². The Morgan fingerprint density at radius 1 is 0.929 bits per heavy atom. The number of hydrogen-bond donors (Lipinski definition) is 1. The van der Waals surface area contributed by atoms with Gasteiger partial charge < -0.3 is 19.5 Å². The van der Waals surface area contributed by atoms with Crippen LogP contribution in [0.5, 0.6) is 17.2 Å². The van der Waals surface area contributed by atoms with Crippen LogP contribution in [-0.4, -0.2) is 25.8 Å². The van der Waals surface area contributed by atoms with Gasteiger partial charge in [-0.15, -0.1) is 0 Å². The van der Waals surface area contributed by atoms with E-state index in [2.05, 4.69) is 38.2 Å². The van der Waals surface area contributed by atoms with Crippen LogP contribution in [0.15, 0.2) is 84.9 Å². The van der Waals surface area contributed by atoms with Crippen molar-refractivity contribution >= 4 is 23.0 Å². The maximum atomic E-state index is 14.1. The number of aryl methyl sites for hydroxylation is 1. The van der Waals surface area contributed by atoms with Crippen LogP contribution in [0.2, 0.25) is 0 Å². The van der Waals surface area contributed by atoms with Crippen molar-refractivity contribution in [3.8, 4) is 28.4 Å². The molecule has 5 rings (SSSR count). The Labute approximate surface area is 246 Å². The highest BCUT2D eigenvalue weighted by Gasteiger charge is 2.27. The number of para-hydroxylation sites is 1. The third-order valence-corrected chi connectivity index (χ3v) is 7.35. The molecule has 0 saturated heterocycles. The molecule has 0 unspecified atom stereocenters. The van der Waals surface area contributed by atoms with Crippen molar-refractivity contribution < 1.29 is 23.4 Å². The summed E-state index contributed by atoms with van der Waals surface area (Å²) in [6.45, 7) is 8.43. The van der Waals surface area contributed by atoms with Gasteiger partial charge in [0.1, 0.15) is 29.7 Å². The van der Waals surface area contributed by atoms with Crippen molar-refractivity contribution in [3.63, 3.8) is 0 Å². The summed E-state index contributed by atoms with van der Waals surface area (Å²) in [5, 5.41) is 3.60. The van der Waals surface area contributed by atoms with Gasteiger partial charge in [-0.2, -0.15) is 0 Å². The molecule has 42 heavy (non-hydrogen) atoms. The maximum Gasteiger partial charge on any atom is 0.419 e. The third kappa shape index (κ3) is 5.96. The second kappa shape index (κ2) is 11.6. The Balaban J connectivity index is 1.53. The minimum atomic E-state index is -0.515. The molecule has 0 fully saturated rings. The highest BCUT2D eigenvalue weighted by Crippen LogP contribution is 2.43. The Hall–Kier alpha value is -4.78. The van der Waals surface area contributed by atoms with E-state index in [9.17, 15) is 9.18 Å². The van der Waals surface area contributed by atoms with Gasteiger partial charge in [-0.25, -0.2) is 9.18 Å². The summed E-state index contributed by atoms with van der Waals surface area (Å²) in [5.41, 5.74) is 7.12. The monoisotopic (exact) mass is 566 g/mol. The molecule has 4 aromatic carbocycles. The number of ether oxygens (including phenoxy) is 3. The zero-order chi connectivity index (χ0) is 30.0. The summed E-state index contributed by atoms with van der Waals surface area (Å²) in [7, 11) is 3.24. The number of nitrogens with zero attached hydrogens (tertiary/aromatic N) is 1. The van der Waals surface area contributed by atoms with E-state index in [1.165, 1.54) is 17.0 Å². The van der Waals surface area contributed by atoms with Crippen molar-refractivity contribution in [2.75, 3.05) is 24.4 Å². The smallest absolute Gasteiger partial charge is 0.419 e. The first-order valence-electron chi connectivity index (χ1n) is 13.8. The van der Waals surface area contributed by atoms with Crippen LogP contribution in [0.25, 0.3) is 16.7 Å². The van der Waals surface area contributed by atoms with Gasteiger partial charge in [0.2, 0.25) is 0 Å². The summed E-state index contributed by atoms with van der Waals surface area (Å²) in [4.78, 5) is 14.3. The van der Waals surface area contributed by atoms with Crippen molar-refractivity contribution in [2.45, 2.75) is 39.8 Å². The summed E-state index contributed by atoms with van der Waals surface area (Å²) in [6.07, 6.45) is 1.68. The summed E-state index contributed by atoms with van der Waals surface area (Å²) in [5.74, 6) is 1.03. The lowest BCUT2D eigenvalue weighted by atomic mass is 9.85. The molecule has 0 aliphatic carbocycles.